The highest BCUT2D eigenvalue weighted by molar-refractivity contribution is 6.05. The average molecular weight is 328 g/mol. The normalized spacial score (nSPS) is 24.8. The van der Waals surface area contributed by atoms with Crippen molar-refractivity contribution in [2.45, 2.75) is 58.0 Å². The van der Waals surface area contributed by atoms with Crippen LogP contribution in [0.5, 0.6) is 0 Å². The second-order valence-electron chi connectivity index (χ2n) is 7.58. The zero-order valence-electron chi connectivity index (χ0n) is 15.0. The highest BCUT2D eigenvalue weighted by Gasteiger charge is 2.43. The van der Waals surface area contributed by atoms with Gasteiger partial charge in [0.25, 0.3) is 0 Å². The van der Waals surface area contributed by atoms with Crippen LogP contribution in [0.25, 0.3) is 0 Å². The number of hydrogen-bond donors (Lipinski definition) is 1. The Labute approximate surface area is 144 Å². The summed E-state index contributed by atoms with van der Waals surface area (Å²) in [5, 5.41) is 3.40. The number of nitrogens with one attached hydrogen (secondary N) is 1. The van der Waals surface area contributed by atoms with Crippen LogP contribution in [0, 0.1) is 13.8 Å². The van der Waals surface area contributed by atoms with E-state index in [0.29, 0.717) is 19.4 Å². The van der Waals surface area contributed by atoms with Gasteiger partial charge in [-0.1, -0.05) is 18.2 Å². The fraction of sp³-hybridized carbons (Fsp3) is 0.600. The molecule has 2 aliphatic heterocycles. The zero-order valence-corrected chi connectivity index (χ0v) is 15.0. The minimum Gasteiger partial charge on any atom is -0.317 e. The van der Waals surface area contributed by atoms with E-state index < -0.39 is 0 Å². The fourth-order valence-electron chi connectivity index (χ4n) is 4.33. The van der Waals surface area contributed by atoms with Gasteiger partial charge in [0.2, 0.25) is 0 Å². The van der Waals surface area contributed by atoms with Gasteiger partial charge in [0.1, 0.15) is 5.78 Å². The van der Waals surface area contributed by atoms with Gasteiger partial charge < -0.3 is 5.32 Å². The number of benzene rings is 1. The molecule has 2 saturated heterocycles. The SMILES string of the molecule is Cc1cccc(C)c1C(=O)C1CC(=O)CCN1C1(C)CCNCC1. The van der Waals surface area contributed by atoms with E-state index in [1.165, 1.54) is 0 Å². The number of aryl methyl sites for hydroxylation is 2. The van der Waals surface area contributed by atoms with Gasteiger partial charge in [0.15, 0.2) is 5.78 Å². The highest BCUT2D eigenvalue weighted by atomic mass is 16.1. The predicted octanol–water partition coefficient (Wildman–Crippen LogP) is 2.66. The molecule has 4 heteroatoms. The molecule has 0 aromatic heterocycles. The number of piperidine rings is 2. The summed E-state index contributed by atoms with van der Waals surface area (Å²) in [5.41, 5.74) is 2.82. The molecular formula is C20H28N2O2. The Kier molecular flexibility index (Phi) is 4.88. The number of hydrogen-bond acceptors (Lipinski definition) is 4. The van der Waals surface area contributed by atoms with E-state index in [-0.39, 0.29) is 23.1 Å². The molecule has 1 N–H and O–H groups in total. The van der Waals surface area contributed by atoms with Crippen LogP contribution in [-0.4, -0.2) is 47.7 Å². The Morgan fingerprint density at radius 3 is 2.46 bits per heavy atom. The summed E-state index contributed by atoms with van der Waals surface area (Å²) in [4.78, 5) is 27.8. The summed E-state index contributed by atoms with van der Waals surface area (Å²) < 4.78 is 0. The van der Waals surface area contributed by atoms with Crippen LogP contribution in [0.2, 0.25) is 0 Å². The third-order valence-electron chi connectivity index (χ3n) is 5.83. The van der Waals surface area contributed by atoms with E-state index in [1.807, 2.05) is 32.0 Å². The smallest absolute Gasteiger partial charge is 0.180 e. The molecule has 2 fully saturated rings. The van der Waals surface area contributed by atoms with Crippen LogP contribution in [0.3, 0.4) is 0 Å². The standard InChI is InChI=1S/C20H28N2O2/c1-14-5-4-6-15(2)18(14)19(24)17-13-16(23)7-12-22(17)20(3)8-10-21-11-9-20/h4-6,17,21H,7-13H2,1-3H3. The first kappa shape index (κ1) is 17.3. The van der Waals surface area contributed by atoms with Crippen molar-refractivity contribution in [2.24, 2.45) is 0 Å². The van der Waals surface area contributed by atoms with Gasteiger partial charge in [-0.3, -0.25) is 14.5 Å². The number of rotatable bonds is 3. The first-order valence-corrected chi connectivity index (χ1v) is 9.02. The van der Waals surface area contributed by atoms with Crippen LogP contribution in [-0.2, 0) is 4.79 Å². The molecular weight excluding hydrogens is 300 g/mol. The molecule has 1 atom stereocenters. The molecule has 2 heterocycles. The monoisotopic (exact) mass is 328 g/mol. The lowest BCUT2D eigenvalue weighted by Crippen LogP contribution is -2.61. The van der Waals surface area contributed by atoms with E-state index in [9.17, 15) is 9.59 Å². The van der Waals surface area contributed by atoms with Gasteiger partial charge in [-0.2, -0.15) is 0 Å². The van der Waals surface area contributed by atoms with E-state index in [0.717, 1.165) is 42.6 Å². The summed E-state index contributed by atoms with van der Waals surface area (Å²) in [5.74, 6) is 0.340. The van der Waals surface area contributed by atoms with Crippen molar-refractivity contribution in [3.63, 3.8) is 0 Å². The molecule has 1 unspecified atom stereocenters. The van der Waals surface area contributed by atoms with Gasteiger partial charge in [0, 0.05) is 30.5 Å². The summed E-state index contributed by atoms with van der Waals surface area (Å²) in [6.45, 7) is 8.89. The summed E-state index contributed by atoms with van der Waals surface area (Å²) in [6.07, 6.45) is 2.98. The summed E-state index contributed by atoms with van der Waals surface area (Å²) in [6, 6.07) is 5.65. The average Bonchev–Trinajstić information content (AvgIpc) is 2.55. The second kappa shape index (κ2) is 6.77. The third-order valence-corrected chi connectivity index (χ3v) is 5.83. The molecule has 3 rings (SSSR count). The maximum absolute atomic E-state index is 13.4. The lowest BCUT2D eigenvalue weighted by molar-refractivity contribution is -0.124. The Balaban J connectivity index is 1.95. The van der Waals surface area contributed by atoms with Crippen LogP contribution >= 0.6 is 0 Å². The van der Waals surface area contributed by atoms with Crippen molar-refractivity contribution in [2.75, 3.05) is 19.6 Å². The van der Waals surface area contributed by atoms with Crippen molar-refractivity contribution in [1.29, 1.82) is 0 Å². The zero-order chi connectivity index (χ0) is 17.3. The van der Waals surface area contributed by atoms with Crippen molar-refractivity contribution >= 4 is 11.6 Å². The van der Waals surface area contributed by atoms with Crippen LogP contribution < -0.4 is 5.32 Å². The lowest BCUT2D eigenvalue weighted by atomic mass is 9.81. The van der Waals surface area contributed by atoms with Gasteiger partial charge in [-0.05, 0) is 57.8 Å². The van der Waals surface area contributed by atoms with Gasteiger partial charge >= 0.3 is 0 Å². The lowest BCUT2D eigenvalue weighted by Gasteiger charge is -2.49. The molecule has 24 heavy (non-hydrogen) atoms. The minimum atomic E-state index is -0.311. The molecule has 0 amide bonds. The minimum absolute atomic E-state index is 0.00284. The molecule has 0 spiro atoms. The van der Waals surface area contributed by atoms with Crippen LogP contribution in [0.4, 0.5) is 0 Å². The molecule has 0 saturated carbocycles. The number of carbonyl (C=O) groups excluding carboxylic acids is 2. The Bertz CT molecular complexity index is 627. The van der Waals surface area contributed by atoms with Crippen molar-refractivity contribution < 1.29 is 9.59 Å². The van der Waals surface area contributed by atoms with E-state index >= 15 is 0 Å². The predicted molar refractivity (Wildman–Crippen MR) is 95.5 cm³/mol. The maximum atomic E-state index is 13.4. The van der Waals surface area contributed by atoms with E-state index in [4.69, 9.17) is 0 Å². The molecule has 130 valence electrons. The van der Waals surface area contributed by atoms with Gasteiger partial charge in [-0.25, -0.2) is 0 Å². The van der Waals surface area contributed by atoms with Crippen molar-refractivity contribution in [1.82, 2.24) is 10.2 Å². The van der Waals surface area contributed by atoms with Crippen molar-refractivity contribution in [3.8, 4) is 0 Å². The molecule has 2 aliphatic rings. The van der Waals surface area contributed by atoms with Crippen molar-refractivity contribution in [3.05, 3.63) is 34.9 Å². The molecule has 4 nitrogen and oxygen atoms in total. The van der Waals surface area contributed by atoms with E-state index in [1.54, 1.807) is 0 Å². The highest BCUT2D eigenvalue weighted by Crippen LogP contribution is 2.33. The maximum Gasteiger partial charge on any atom is 0.180 e. The first-order valence-electron chi connectivity index (χ1n) is 9.02. The largest absolute Gasteiger partial charge is 0.317 e. The second-order valence-corrected chi connectivity index (χ2v) is 7.58. The number of Topliss-reactive ketones (excluding diaryl/α,β-unsaturated/α-hetero) is 2. The molecule has 0 radical (unpaired) electrons. The quantitative estimate of drug-likeness (QED) is 0.867. The number of nitrogens with zero attached hydrogens (tertiary/aromatic N) is 1. The van der Waals surface area contributed by atoms with E-state index in [2.05, 4.69) is 17.1 Å². The fourth-order valence-corrected chi connectivity index (χ4v) is 4.33. The number of ketones is 2. The summed E-state index contributed by atoms with van der Waals surface area (Å²) in [7, 11) is 0. The molecule has 1 aromatic rings. The topological polar surface area (TPSA) is 49.4 Å². The van der Waals surface area contributed by atoms with Crippen LogP contribution in [0.1, 0.15) is 54.1 Å². The summed E-state index contributed by atoms with van der Waals surface area (Å²) >= 11 is 0. The Morgan fingerprint density at radius 2 is 1.83 bits per heavy atom. The number of likely N-dealkylation sites (tertiary alicyclic amines) is 1. The first-order chi connectivity index (χ1) is 11.4. The van der Waals surface area contributed by atoms with Gasteiger partial charge in [0.05, 0.1) is 6.04 Å². The molecule has 1 aromatic carbocycles. The molecule has 0 aliphatic carbocycles. The molecule has 0 bridgehead atoms. The Morgan fingerprint density at radius 1 is 1.21 bits per heavy atom. The van der Waals surface area contributed by atoms with Crippen LogP contribution in [0.15, 0.2) is 18.2 Å². The van der Waals surface area contributed by atoms with Gasteiger partial charge in [-0.15, -0.1) is 0 Å². The Hall–Kier alpha value is -1.52. The third kappa shape index (κ3) is 3.17. The number of carbonyl (C=O) groups is 2.